The van der Waals surface area contributed by atoms with Gasteiger partial charge >= 0.3 is 0 Å². The number of nitrogens with zero attached hydrogens (tertiary/aromatic N) is 4. The fraction of sp³-hybridized carbons (Fsp3) is 0.438. The molecule has 0 bridgehead atoms. The number of rotatable bonds is 6. The molecule has 2 rings (SSSR count). The van der Waals surface area contributed by atoms with Crippen molar-refractivity contribution in [2.75, 3.05) is 6.54 Å². The summed E-state index contributed by atoms with van der Waals surface area (Å²) < 4.78 is 1.75. The van der Waals surface area contributed by atoms with Crippen LogP contribution in [0.2, 0.25) is 0 Å². The van der Waals surface area contributed by atoms with Crippen molar-refractivity contribution in [1.29, 1.82) is 0 Å². The molecule has 7 heteroatoms. The molecule has 126 valence electrons. The Hall–Kier alpha value is -1.64. The zero-order valence-corrected chi connectivity index (χ0v) is 16.2. The van der Waals surface area contributed by atoms with Gasteiger partial charge in [0.25, 0.3) is 0 Å². The first-order chi connectivity index (χ1) is 10.7. The molecule has 2 heterocycles. The number of aliphatic imine (C=N–C) groups is 1. The van der Waals surface area contributed by atoms with Gasteiger partial charge in [-0.05, 0) is 44.0 Å². The Balaban J connectivity index is 0.00000264. The van der Waals surface area contributed by atoms with Crippen LogP contribution in [0.1, 0.15) is 32.8 Å². The number of hydrogen-bond donors (Lipinski definition) is 2. The lowest BCUT2D eigenvalue weighted by Gasteiger charge is -2.16. The van der Waals surface area contributed by atoms with Crippen molar-refractivity contribution in [3.63, 3.8) is 0 Å². The summed E-state index contributed by atoms with van der Waals surface area (Å²) in [4.78, 5) is 8.96. The summed E-state index contributed by atoms with van der Waals surface area (Å²) in [5, 5.41) is 10.8. The smallest absolute Gasteiger partial charge is 0.191 e. The predicted octanol–water partition coefficient (Wildman–Crippen LogP) is 2.74. The maximum atomic E-state index is 4.63. The van der Waals surface area contributed by atoms with Crippen LogP contribution in [0.3, 0.4) is 0 Å². The van der Waals surface area contributed by atoms with Crippen molar-refractivity contribution in [1.82, 2.24) is 25.4 Å². The molecule has 0 radical (unpaired) electrons. The van der Waals surface area contributed by atoms with Crippen LogP contribution >= 0.6 is 24.0 Å². The van der Waals surface area contributed by atoms with Gasteiger partial charge in [-0.1, -0.05) is 6.92 Å². The Morgan fingerprint density at radius 2 is 2.17 bits per heavy atom. The third-order valence-electron chi connectivity index (χ3n) is 3.31. The normalized spacial score (nSPS) is 12.4. The average molecular weight is 428 g/mol. The molecule has 0 amide bonds. The molecule has 0 aliphatic rings. The summed E-state index contributed by atoms with van der Waals surface area (Å²) in [6, 6.07) is 6.26. The average Bonchev–Trinajstić information content (AvgIpc) is 3.07. The van der Waals surface area contributed by atoms with Crippen LogP contribution in [0.15, 0.2) is 41.8 Å². The number of nitrogens with one attached hydrogen (secondary N) is 2. The second kappa shape index (κ2) is 10.2. The van der Waals surface area contributed by atoms with E-state index in [1.807, 2.05) is 24.4 Å². The quantitative estimate of drug-likeness (QED) is 0.422. The summed E-state index contributed by atoms with van der Waals surface area (Å²) in [6.07, 6.45) is 6.47. The number of aromatic nitrogens is 3. The summed E-state index contributed by atoms with van der Waals surface area (Å²) in [6.45, 7) is 7.81. The van der Waals surface area contributed by atoms with Crippen molar-refractivity contribution in [3.8, 4) is 5.82 Å². The summed E-state index contributed by atoms with van der Waals surface area (Å²) in [7, 11) is 0. The predicted molar refractivity (Wildman–Crippen MR) is 104 cm³/mol. The summed E-state index contributed by atoms with van der Waals surface area (Å²) in [5.41, 5.74) is 1.10. The highest BCUT2D eigenvalue weighted by molar-refractivity contribution is 14.0. The van der Waals surface area contributed by atoms with E-state index in [0.29, 0.717) is 12.6 Å². The first kappa shape index (κ1) is 19.4. The Labute approximate surface area is 154 Å². The van der Waals surface area contributed by atoms with Gasteiger partial charge < -0.3 is 10.6 Å². The first-order valence-electron chi connectivity index (χ1n) is 7.72. The van der Waals surface area contributed by atoms with Crippen molar-refractivity contribution in [2.24, 2.45) is 4.99 Å². The molecule has 0 aliphatic heterocycles. The van der Waals surface area contributed by atoms with Gasteiger partial charge in [0.1, 0.15) is 0 Å². The highest BCUT2D eigenvalue weighted by atomic mass is 127. The molecule has 0 saturated heterocycles. The second-order valence-electron chi connectivity index (χ2n) is 5.12. The van der Waals surface area contributed by atoms with Gasteiger partial charge in [-0.3, -0.25) is 0 Å². The molecule has 0 spiro atoms. The topological polar surface area (TPSA) is 67.1 Å². The zero-order valence-electron chi connectivity index (χ0n) is 13.9. The molecule has 23 heavy (non-hydrogen) atoms. The van der Waals surface area contributed by atoms with Gasteiger partial charge in [-0.15, -0.1) is 24.0 Å². The fourth-order valence-electron chi connectivity index (χ4n) is 1.91. The molecule has 0 aliphatic carbocycles. The molecule has 2 aromatic rings. The van der Waals surface area contributed by atoms with Crippen LogP contribution in [-0.4, -0.2) is 33.3 Å². The molecule has 2 aromatic heterocycles. The Bertz CT molecular complexity index is 596. The van der Waals surface area contributed by atoms with Crippen LogP contribution in [0, 0.1) is 0 Å². The minimum absolute atomic E-state index is 0. The molecule has 1 atom stereocenters. The van der Waals surface area contributed by atoms with E-state index in [1.54, 1.807) is 17.1 Å². The Kier molecular flexibility index (Phi) is 8.60. The van der Waals surface area contributed by atoms with Crippen LogP contribution in [0.25, 0.3) is 5.82 Å². The lowest BCUT2D eigenvalue weighted by atomic mass is 10.2. The lowest BCUT2D eigenvalue weighted by molar-refractivity contribution is 0.624. The van der Waals surface area contributed by atoms with Crippen molar-refractivity contribution in [2.45, 2.75) is 39.8 Å². The van der Waals surface area contributed by atoms with E-state index in [9.17, 15) is 0 Å². The van der Waals surface area contributed by atoms with Crippen molar-refractivity contribution in [3.05, 3.63) is 42.4 Å². The van der Waals surface area contributed by atoms with E-state index in [1.165, 1.54) is 0 Å². The van der Waals surface area contributed by atoms with E-state index >= 15 is 0 Å². The molecule has 6 nitrogen and oxygen atoms in total. The Morgan fingerprint density at radius 3 is 2.83 bits per heavy atom. The number of pyridine rings is 1. The van der Waals surface area contributed by atoms with Crippen LogP contribution in [-0.2, 0) is 6.54 Å². The first-order valence-corrected chi connectivity index (χ1v) is 7.72. The summed E-state index contributed by atoms with van der Waals surface area (Å²) >= 11 is 0. The van der Waals surface area contributed by atoms with E-state index in [4.69, 9.17) is 0 Å². The molecule has 2 N–H and O–H groups in total. The number of guanidine groups is 1. The number of hydrogen-bond acceptors (Lipinski definition) is 3. The third-order valence-corrected chi connectivity index (χ3v) is 3.31. The molecule has 0 fully saturated rings. The third kappa shape index (κ3) is 6.17. The molecule has 1 unspecified atom stereocenters. The highest BCUT2D eigenvalue weighted by Gasteiger charge is 2.03. The standard InChI is InChI=1S/C16H24N6.HI/c1-4-13(3)21-16(17-5-2)19-12-14-7-9-18-15(11-14)22-10-6-8-20-22;/h6-11,13H,4-5,12H2,1-3H3,(H2,17,19,21);1H. The number of halogens is 1. The molecule has 0 aromatic carbocycles. The fourth-order valence-corrected chi connectivity index (χ4v) is 1.91. The largest absolute Gasteiger partial charge is 0.357 e. The van der Waals surface area contributed by atoms with Gasteiger partial charge in [0.05, 0.1) is 6.54 Å². The zero-order chi connectivity index (χ0) is 15.8. The maximum Gasteiger partial charge on any atom is 0.191 e. The minimum Gasteiger partial charge on any atom is -0.357 e. The van der Waals surface area contributed by atoms with Gasteiger partial charge in [0.2, 0.25) is 0 Å². The monoisotopic (exact) mass is 428 g/mol. The molecular formula is C16H25IN6. The van der Waals surface area contributed by atoms with Crippen molar-refractivity contribution < 1.29 is 0 Å². The van der Waals surface area contributed by atoms with E-state index in [-0.39, 0.29) is 24.0 Å². The van der Waals surface area contributed by atoms with E-state index in [2.05, 4.69) is 46.5 Å². The maximum absolute atomic E-state index is 4.63. The highest BCUT2D eigenvalue weighted by Crippen LogP contribution is 2.07. The van der Waals surface area contributed by atoms with Crippen molar-refractivity contribution >= 4 is 29.9 Å². The van der Waals surface area contributed by atoms with Gasteiger partial charge in [0.15, 0.2) is 11.8 Å². The van der Waals surface area contributed by atoms with E-state index in [0.717, 1.165) is 30.3 Å². The van der Waals surface area contributed by atoms with Gasteiger partial charge in [-0.25, -0.2) is 14.7 Å². The van der Waals surface area contributed by atoms with Gasteiger partial charge in [0, 0.05) is 31.2 Å². The lowest BCUT2D eigenvalue weighted by Crippen LogP contribution is -2.41. The molecular weight excluding hydrogens is 403 g/mol. The summed E-state index contributed by atoms with van der Waals surface area (Å²) in [5.74, 6) is 1.65. The SMILES string of the molecule is CCNC(=NCc1ccnc(-n2cccn2)c1)NC(C)CC.I. The Morgan fingerprint density at radius 1 is 1.35 bits per heavy atom. The van der Waals surface area contributed by atoms with Crippen LogP contribution in [0.4, 0.5) is 0 Å². The van der Waals surface area contributed by atoms with Gasteiger partial charge in [-0.2, -0.15) is 5.10 Å². The second-order valence-corrected chi connectivity index (χ2v) is 5.12. The van der Waals surface area contributed by atoms with Crippen LogP contribution < -0.4 is 10.6 Å². The van der Waals surface area contributed by atoms with E-state index < -0.39 is 0 Å². The molecule has 0 saturated carbocycles. The van der Waals surface area contributed by atoms with Crippen LogP contribution in [0.5, 0.6) is 0 Å². The minimum atomic E-state index is 0.